The summed E-state index contributed by atoms with van der Waals surface area (Å²) in [7, 11) is 0. The molecule has 0 radical (unpaired) electrons. The third kappa shape index (κ3) is 3.53. The molecule has 2 nitrogen and oxygen atoms in total. The molecule has 1 N–H and O–H groups in total. The number of ketones is 1. The first kappa shape index (κ1) is 13.5. The first-order valence-corrected chi connectivity index (χ1v) is 7.12. The van der Waals surface area contributed by atoms with E-state index in [0.29, 0.717) is 12.0 Å². The number of rotatable bonds is 4. The van der Waals surface area contributed by atoms with E-state index < -0.39 is 6.10 Å². The summed E-state index contributed by atoms with van der Waals surface area (Å²) in [5.74, 6) is -0.186. The van der Waals surface area contributed by atoms with Crippen LogP contribution in [0, 0.1) is 0 Å². The number of hydrogen-bond acceptors (Lipinski definition) is 2. The molecular formula is C15H17BrO2. The van der Waals surface area contributed by atoms with Gasteiger partial charge in [0.15, 0.2) is 5.78 Å². The largest absolute Gasteiger partial charge is 0.385 e. The molecule has 0 spiro atoms. The van der Waals surface area contributed by atoms with Gasteiger partial charge in [-0.2, -0.15) is 0 Å². The fourth-order valence-electron chi connectivity index (χ4n) is 2.24. The Kier molecular flexibility index (Phi) is 4.72. The fourth-order valence-corrected chi connectivity index (χ4v) is 2.50. The summed E-state index contributed by atoms with van der Waals surface area (Å²) in [5.41, 5.74) is 1.79. The normalized spacial score (nSPS) is 17.1. The number of benzene rings is 1. The molecule has 1 aromatic rings. The van der Waals surface area contributed by atoms with Crippen molar-refractivity contribution in [2.75, 3.05) is 0 Å². The number of aliphatic hydroxyl groups is 1. The van der Waals surface area contributed by atoms with Gasteiger partial charge in [-0.25, -0.2) is 0 Å². The van der Waals surface area contributed by atoms with Crippen molar-refractivity contribution < 1.29 is 9.90 Å². The maximum atomic E-state index is 12.0. The van der Waals surface area contributed by atoms with Crippen LogP contribution in [0.5, 0.6) is 0 Å². The Morgan fingerprint density at radius 1 is 1.28 bits per heavy atom. The van der Waals surface area contributed by atoms with Crippen LogP contribution in [0.3, 0.4) is 0 Å². The van der Waals surface area contributed by atoms with Crippen molar-refractivity contribution in [1.29, 1.82) is 0 Å². The van der Waals surface area contributed by atoms with Gasteiger partial charge >= 0.3 is 0 Å². The number of aliphatic hydroxyl groups excluding tert-OH is 1. The number of halogens is 1. The van der Waals surface area contributed by atoms with E-state index in [9.17, 15) is 9.90 Å². The Morgan fingerprint density at radius 3 is 2.61 bits per heavy atom. The Labute approximate surface area is 116 Å². The number of hydrogen-bond donors (Lipinski definition) is 1. The highest BCUT2D eigenvalue weighted by Gasteiger charge is 2.19. The SMILES string of the molecule is O=C(c1ccc(Br)cc1)[C@@H](O)CC1=CCCCC1. The molecule has 0 unspecified atom stereocenters. The van der Waals surface area contributed by atoms with Gasteiger partial charge < -0.3 is 5.11 Å². The first-order chi connectivity index (χ1) is 8.66. The second-order valence-electron chi connectivity index (χ2n) is 4.70. The van der Waals surface area contributed by atoms with Gasteiger partial charge in [0.25, 0.3) is 0 Å². The molecule has 3 heteroatoms. The van der Waals surface area contributed by atoms with Crippen LogP contribution < -0.4 is 0 Å². The standard InChI is InChI=1S/C15H17BrO2/c16-13-8-6-12(7-9-13)15(18)14(17)10-11-4-2-1-3-5-11/h4,6-9,14,17H,1-3,5,10H2/t14-/m0/s1. The van der Waals surface area contributed by atoms with Crippen molar-refractivity contribution in [2.24, 2.45) is 0 Å². The third-order valence-electron chi connectivity index (χ3n) is 3.27. The van der Waals surface area contributed by atoms with E-state index in [1.165, 1.54) is 18.4 Å². The smallest absolute Gasteiger partial charge is 0.191 e. The monoisotopic (exact) mass is 308 g/mol. The zero-order chi connectivity index (χ0) is 13.0. The summed E-state index contributed by atoms with van der Waals surface area (Å²) in [5, 5.41) is 9.99. The number of allylic oxidation sites excluding steroid dienone is 1. The van der Waals surface area contributed by atoms with E-state index in [1.54, 1.807) is 12.1 Å². The highest BCUT2D eigenvalue weighted by atomic mass is 79.9. The summed E-state index contributed by atoms with van der Waals surface area (Å²) in [6, 6.07) is 7.12. The van der Waals surface area contributed by atoms with Gasteiger partial charge in [-0.1, -0.05) is 39.7 Å². The molecule has 96 valence electrons. The maximum absolute atomic E-state index is 12.0. The predicted octanol–water partition coefficient (Wildman–Crippen LogP) is 3.88. The summed E-state index contributed by atoms with van der Waals surface area (Å²) >= 11 is 3.33. The third-order valence-corrected chi connectivity index (χ3v) is 3.80. The van der Waals surface area contributed by atoms with Crippen molar-refractivity contribution in [3.05, 3.63) is 46.0 Å². The molecule has 1 aromatic carbocycles. The van der Waals surface area contributed by atoms with Crippen molar-refractivity contribution in [1.82, 2.24) is 0 Å². The molecule has 0 amide bonds. The van der Waals surface area contributed by atoms with Gasteiger partial charge in [0.2, 0.25) is 0 Å². The summed E-state index contributed by atoms with van der Waals surface area (Å²) in [6.07, 6.45) is 6.23. The van der Waals surface area contributed by atoms with E-state index in [0.717, 1.165) is 17.3 Å². The second kappa shape index (κ2) is 6.30. The second-order valence-corrected chi connectivity index (χ2v) is 5.61. The Hall–Kier alpha value is -0.930. The number of carbonyl (C=O) groups is 1. The van der Waals surface area contributed by atoms with Crippen LogP contribution in [-0.4, -0.2) is 17.0 Å². The Bertz CT molecular complexity index is 448. The average Bonchev–Trinajstić information content (AvgIpc) is 2.40. The lowest BCUT2D eigenvalue weighted by atomic mass is 9.92. The van der Waals surface area contributed by atoms with Crippen LogP contribution in [0.4, 0.5) is 0 Å². The Morgan fingerprint density at radius 2 is 2.00 bits per heavy atom. The minimum absolute atomic E-state index is 0.186. The van der Waals surface area contributed by atoms with E-state index in [4.69, 9.17) is 0 Å². The molecule has 0 bridgehead atoms. The zero-order valence-corrected chi connectivity index (χ0v) is 11.8. The average molecular weight is 309 g/mol. The quantitative estimate of drug-likeness (QED) is 0.677. The van der Waals surface area contributed by atoms with Gasteiger partial charge in [0, 0.05) is 16.5 Å². The summed E-state index contributed by atoms with van der Waals surface area (Å²) < 4.78 is 0.934. The van der Waals surface area contributed by atoms with Crippen molar-refractivity contribution >= 4 is 21.7 Å². The van der Waals surface area contributed by atoms with Gasteiger partial charge in [-0.15, -0.1) is 0 Å². The van der Waals surface area contributed by atoms with Gasteiger partial charge in [-0.3, -0.25) is 4.79 Å². The van der Waals surface area contributed by atoms with Crippen LogP contribution >= 0.6 is 15.9 Å². The molecule has 0 saturated heterocycles. The van der Waals surface area contributed by atoms with E-state index in [2.05, 4.69) is 22.0 Å². The molecule has 2 rings (SSSR count). The van der Waals surface area contributed by atoms with E-state index in [-0.39, 0.29) is 5.78 Å². The highest BCUT2D eigenvalue weighted by molar-refractivity contribution is 9.10. The molecule has 18 heavy (non-hydrogen) atoms. The maximum Gasteiger partial charge on any atom is 0.191 e. The molecule has 0 aromatic heterocycles. The van der Waals surface area contributed by atoms with Crippen molar-refractivity contribution in [2.45, 2.75) is 38.2 Å². The summed E-state index contributed by atoms with van der Waals surface area (Å²) in [6.45, 7) is 0. The van der Waals surface area contributed by atoms with Crippen LogP contribution in [-0.2, 0) is 0 Å². The summed E-state index contributed by atoms with van der Waals surface area (Å²) in [4.78, 5) is 12.0. The van der Waals surface area contributed by atoms with Crippen LogP contribution in [0.2, 0.25) is 0 Å². The fraction of sp³-hybridized carbons (Fsp3) is 0.400. The Balaban J connectivity index is 2.00. The highest BCUT2D eigenvalue weighted by Crippen LogP contribution is 2.22. The molecule has 1 aliphatic rings. The molecule has 0 saturated carbocycles. The topological polar surface area (TPSA) is 37.3 Å². The first-order valence-electron chi connectivity index (χ1n) is 6.32. The van der Waals surface area contributed by atoms with Crippen LogP contribution in [0.15, 0.2) is 40.4 Å². The minimum atomic E-state index is -0.907. The molecule has 1 aliphatic carbocycles. The lowest BCUT2D eigenvalue weighted by Crippen LogP contribution is -2.21. The molecule has 0 heterocycles. The predicted molar refractivity (Wildman–Crippen MR) is 75.6 cm³/mol. The zero-order valence-electron chi connectivity index (χ0n) is 10.2. The molecule has 0 fully saturated rings. The van der Waals surface area contributed by atoms with E-state index >= 15 is 0 Å². The lowest BCUT2D eigenvalue weighted by molar-refractivity contribution is 0.0745. The van der Waals surface area contributed by atoms with Gasteiger partial charge in [-0.05, 0) is 37.8 Å². The molecule has 1 atom stereocenters. The molecular weight excluding hydrogens is 292 g/mol. The van der Waals surface area contributed by atoms with Crippen molar-refractivity contribution in [3.63, 3.8) is 0 Å². The lowest BCUT2D eigenvalue weighted by Gasteiger charge is -2.16. The van der Waals surface area contributed by atoms with Gasteiger partial charge in [0.05, 0.1) is 0 Å². The van der Waals surface area contributed by atoms with Crippen molar-refractivity contribution in [3.8, 4) is 0 Å². The van der Waals surface area contributed by atoms with E-state index in [1.807, 2.05) is 12.1 Å². The number of carbonyl (C=O) groups excluding carboxylic acids is 1. The van der Waals surface area contributed by atoms with Gasteiger partial charge in [0.1, 0.15) is 6.10 Å². The van der Waals surface area contributed by atoms with Crippen LogP contribution in [0.1, 0.15) is 42.5 Å². The minimum Gasteiger partial charge on any atom is -0.385 e. The van der Waals surface area contributed by atoms with Crippen LogP contribution in [0.25, 0.3) is 0 Å². The molecule has 0 aliphatic heterocycles. The number of Topliss-reactive ketones (excluding diaryl/α,β-unsaturated/α-hetero) is 1.